The molecular formula is C17H10BrN3. The van der Waals surface area contributed by atoms with Crippen LogP contribution in [-0.4, -0.2) is 9.97 Å². The predicted octanol–water partition coefficient (Wildman–Crippen LogP) is 4.44. The minimum absolute atomic E-state index is 0.286. The van der Waals surface area contributed by atoms with Crippen LogP contribution in [-0.2, 0) is 0 Å². The Morgan fingerprint density at radius 1 is 0.762 bits per heavy atom. The van der Waals surface area contributed by atoms with Crippen LogP contribution in [0.25, 0.3) is 22.5 Å². The van der Waals surface area contributed by atoms with Crippen LogP contribution in [0.4, 0.5) is 0 Å². The van der Waals surface area contributed by atoms with Gasteiger partial charge in [-0.3, -0.25) is 0 Å². The number of hydrogen-bond donors (Lipinski definition) is 0. The molecule has 3 aromatic rings. The molecule has 100 valence electrons. The lowest BCUT2D eigenvalue weighted by atomic mass is 10.0. The largest absolute Gasteiger partial charge is 0.236 e. The Kier molecular flexibility index (Phi) is 3.76. The van der Waals surface area contributed by atoms with Gasteiger partial charge in [-0.15, -0.1) is 0 Å². The van der Waals surface area contributed by atoms with Crippen LogP contribution in [0.2, 0.25) is 0 Å². The Labute approximate surface area is 131 Å². The smallest absolute Gasteiger partial charge is 0.174 e. The first-order chi connectivity index (χ1) is 10.3. The minimum atomic E-state index is 0.286. The molecular weight excluding hydrogens is 326 g/mol. The molecule has 0 atom stereocenters. The second-order valence-corrected chi connectivity index (χ2v) is 5.16. The van der Waals surface area contributed by atoms with Crippen molar-refractivity contribution in [2.75, 3.05) is 0 Å². The Morgan fingerprint density at radius 2 is 1.24 bits per heavy atom. The summed E-state index contributed by atoms with van der Waals surface area (Å²) in [6, 6.07) is 21.7. The summed E-state index contributed by atoms with van der Waals surface area (Å²) in [5.74, 6) is 0. The molecule has 0 radical (unpaired) electrons. The van der Waals surface area contributed by atoms with Gasteiger partial charge in [0.05, 0.1) is 11.4 Å². The zero-order chi connectivity index (χ0) is 14.7. The third-order valence-electron chi connectivity index (χ3n) is 3.05. The van der Waals surface area contributed by atoms with E-state index >= 15 is 0 Å². The van der Waals surface area contributed by atoms with Gasteiger partial charge < -0.3 is 0 Å². The van der Waals surface area contributed by atoms with E-state index in [0.717, 1.165) is 16.8 Å². The van der Waals surface area contributed by atoms with Crippen molar-refractivity contribution in [2.24, 2.45) is 0 Å². The fourth-order valence-corrected chi connectivity index (χ4v) is 2.44. The normalized spacial score (nSPS) is 10.1. The van der Waals surface area contributed by atoms with Gasteiger partial charge in [0.15, 0.2) is 5.69 Å². The molecule has 0 bridgehead atoms. The Balaban J connectivity index is 2.29. The highest BCUT2D eigenvalue weighted by atomic mass is 79.9. The highest BCUT2D eigenvalue weighted by Crippen LogP contribution is 2.30. The van der Waals surface area contributed by atoms with Crippen molar-refractivity contribution in [3.8, 4) is 28.6 Å². The number of hydrogen-bond acceptors (Lipinski definition) is 3. The molecule has 0 saturated carbocycles. The molecule has 0 aliphatic heterocycles. The number of nitrogens with zero attached hydrogens (tertiary/aromatic N) is 3. The standard InChI is InChI=1S/C17H10BrN3/c18-17-14(11-19)20-15(12-7-3-1-4-8-12)16(21-17)13-9-5-2-6-10-13/h1-10H. The molecule has 0 N–H and O–H groups in total. The van der Waals surface area contributed by atoms with E-state index in [-0.39, 0.29) is 5.69 Å². The van der Waals surface area contributed by atoms with Crippen LogP contribution < -0.4 is 0 Å². The summed E-state index contributed by atoms with van der Waals surface area (Å²) in [6.45, 7) is 0. The zero-order valence-corrected chi connectivity index (χ0v) is 12.6. The van der Waals surface area contributed by atoms with Crippen molar-refractivity contribution >= 4 is 15.9 Å². The first-order valence-electron chi connectivity index (χ1n) is 6.38. The van der Waals surface area contributed by atoms with Crippen LogP contribution in [0.3, 0.4) is 0 Å². The summed E-state index contributed by atoms with van der Waals surface area (Å²) in [4.78, 5) is 8.99. The molecule has 1 aromatic heterocycles. The quantitative estimate of drug-likeness (QED) is 0.695. The summed E-state index contributed by atoms with van der Waals surface area (Å²) >= 11 is 3.32. The average molecular weight is 336 g/mol. The molecule has 0 spiro atoms. The van der Waals surface area contributed by atoms with E-state index in [2.05, 4.69) is 32.0 Å². The summed E-state index contributed by atoms with van der Waals surface area (Å²) < 4.78 is 0.462. The molecule has 2 aromatic carbocycles. The van der Waals surface area contributed by atoms with Gasteiger partial charge in [0.1, 0.15) is 10.7 Å². The summed E-state index contributed by atoms with van der Waals surface area (Å²) in [5.41, 5.74) is 3.66. The number of aromatic nitrogens is 2. The Bertz CT molecular complexity index is 809. The van der Waals surface area contributed by atoms with Crippen molar-refractivity contribution in [2.45, 2.75) is 0 Å². The van der Waals surface area contributed by atoms with Crippen LogP contribution in [0, 0.1) is 11.3 Å². The second-order valence-electron chi connectivity index (χ2n) is 4.40. The van der Waals surface area contributed by atoms with Gasteiger partial charge in [-0.1, -0.05) is 60.7 Å². The fourth-order valence-electron chi connectivity index (χ4n) is 2.08. The van der Waals surface area contributed by atoms with E-state index in [1.807, 2.05) is 60.7 Å². The second kappa shape index (κ2) is 5.86. The summed E-state index contributed by atoms with van der Waals surface area (Å²) in [6.07, 6.45) is 0. The van der Waals surface area contributed by atoms with E-state index in [1.54, 1.807) is 0 Å². The lowest BCUT2D eigenvalue weighted by Crippen LogP contribution is -1.98. The maximum Gasteiger partial charge on any atom is 0.174 e. The molecule has 0 saturated heterocycles. The van der Waals surface area contributed by atoms with E-state index in [9.17, 15) is 0 Å². The highest BCUT2D eigenvalue weighted by molar-refractivity contribution is 9.10. The van der Waals surface area contributed by atoms with Gasteiger partial charge in [0.25, 0.3) is 0 Å². The molecule has 0 amide bonds. The van der Waals surface area contributed by atoms with Crippen molar-refractivity contribution < 1.29 is 0 Å². The number of nitriles is 1. The minimum Gasteiger partial charge on any atom is -0.236 e. The van der Waals surface area contributed by atoms with Crippen molar-refractivity contribution in [3.05, 3.63) is 71.0 Å². The van der Waals surface area contributed by atoms with Gasteiger partial charge in [0.2, 0.25) is 0 Å². The molecule has 0 unspecified atom stereocenters. The number of rotatable bonds is 2. The first kappa shape index (κ1) is 13.5. The SMILES string of the molecule is N#Cc1nc(-c2ccccc2)c(-c2ccccc2)nc1Br. The van der Waals surface area contributed by atoms with E-state index < -0.39 is 0 Å². The van der Waals surface area contributed by atoms with Crippen molar-refractivity contribution in [1.82, 2.24) is 9.97 Å². The topological polar surface area (TPSA) is 49.6 Å². The fraction of sp³-hybridized carbons (Fsp3) is 0. The van der Waals surface area contributed by atoms with Crippen molar-refractivity contribution in [1.29, 1.82) is 5.26 Å². The van der Waals surface area contributed by atoms with E-state index in [0.29, 0.717) is 10.3 Å². The Morgan fingerprint density at radius 3 is 1.71 bits per heavy atom. The van der Waals surface area contributed by atoms with E-state index in [1.165, 1.54) is 0 Å². The third kappa shape index (κ3) is 2.69. The number of benzene rings is 2. The third-order valence-corrected chi connectivity index (χ3v) is 3.61. The van der Waals surface area contributed by atoms with Crippen molar-refractivity contribution in [3.63, 3.8) is 0 Å². The molecule has 0 aliphatic carbocycles. The average Bonchev–Trinajstić information content (AvgIpc) is 2.56. The van der Waals surface area contributed by atoms with Gasteiger partial charge in [0, 0.05) is 11.1 Å². The maximum absolute atomic E-state index is 9.17. The zero-order valence-electron chi connectivity index (χ0n) is 11.0. The molecule has 1 heterocycles. The molecule has 4 heteroatoms. The Hall–Kier alpha value is -2.51. The van der Waals surface area contributed by atoms with Crippen LogP contribution in [0.15, 0.2) is 65.3 Å². The monoisotopic (exact) mass is 335 g/mol. The first-order valence-corrected chi connectivity index (χ1v) is 7.17. The lowest BCUT2D eigenvalue weighted by Gasteiger charge is -2.09. The predicted molar refractivity (Wildman–Crippen MR) is 85.3 cm³/mol. The van der Waals surface area contributed by atoms with Gasteiger partial charge in [-0.2, -0.15) is 5.26 Å². The summed E-state index contributed by atoms with van der Waals surface area (Å²) in [5, 5.41) is 9.17. The molecule has 0 aliphatic rings. The van der Waals surface area contributed by atoms with Crippen LogP contribution in [0.1, 0.15) is 5.69 Å². The molecule has 21 heavy (non-hydrogen) atoms. The van der Waals surface area contributed by atoms with Gasteiger partial charge in [-0.05, 0) is 15.9 Å². The number of halogens is 1. The maximum atomic E-state index is 9.17. The van der Waals surface area contributed by atoms with E-state index in [4.69, 9.17) is 5.26 Å². The lowest BCUT2D eigenvalue weighted by molar-refractivity contribution is 1.14. The summed E-state index contributed by atoms with van der Waals surface area (Å²) in [7, 11) is 0. The molecule has 3 nitrogen and oxygen atoms in total. The van der Waals surface area contributed by atoms with Crippen LogP contribution in [0.5, 0.6) is 0 Å². The van der Waals surface area contributed by atoms with Gasteiger partial charge >= 0.3 is 0 Å². The van der Waals surface area contributed by atoms with Crippen LogP contribution >= 0.6 is 15.9 Å². The molecule has 3 rings (SSSR count). The highest BCUT2D eigenvalue weighted by Gasteiger charge is 2.15. The van der Waals surface area contributed by atoms with Gasteiger partial charge in [-0.25, -0.2) is 9.97 Å². The molecule has 0 fully saturated rings.